The van der Waals surface area contributed by atoms with Gasteiger partial charge < -0.3 is 4.74 Å². The number of hydrogen-bond donors (Lipinski definition) is 0. The Morgan fingerprint density at radius 2 is 0.463 bits per heavy atom. The lowest BCUT2D eigenvalue weighted by molar-refractivity contribution is -0.414. The van der Waals surface area contributed by atoms with Gasteiger partial charge in [0.2, 0.25) is 20.8 Å². The minimum Gasteiger partial charge on any atom is -0.304 e. The Morgan fingerprint density at radius 1 is 0.343 bits per heavy atom. The second-order valence-corrected chi connectivity index (χ2v) is 8.14. The Bertz CT molecular complexity index is 594. The summed E-state index contributed by atoms with van der Waals surface area (Å²) >= 11 is 0. The molecule has 0 aliphatic carbocycles. The molecular weight excluding hydrogens is 1010 g/mol. The second kappa shape index (κ2) is 106. The normalized spacial score (nSPS) is 8.69. The van der Waals surface area contributed by atoms with Crippen LogP contribution in [0.2, 0.25) is 0 Å². The zero-order chi connectivity index (χ0) is 51.6. The predicted octanol–water partition coefficient (Wildman–Crippen LogP) is 19.9. The lowest BCUT2D eigenvalue weighted by atomic mass is 10.2. The van der Waals surface area contributed by atoms with E-state index in [1.807, 2.05) is 0 Å². The van der Waals surface area contributed by atoms with Gasteiger partial charge in [-0.1, -0.05) is 66.3 Å². The summed E-state index contributed by atoms with van der Waals surface area (Å²) in [7, 11) is 3.83. The molecular formula is C35H86F26O6. The van der Waals surface area contributed by atoms with Gasteiger partial charge in [0.05, 0.1) is 54.1 Å². The summed E-state index contributed by atoms with van der Waals surface area (Å²) in [5.74, 6) is 0. The van der Waals surface area contributed by atoms with Crippen LogP contribution in [-0.2, 0) is 29.2 Å². The molecule has 0 spiro atoms. The average molecular weight is 1100 g/mol. The third kappa shape index (κ3) is 314. The summed E-state index contributed by atoms with van der Waals surface area (Å²) in [6, 6.07) is 0. The Balaban J connectivity index is -0.0000000188. The zero-order valence-corrected chi connectivity index (χ0v) is 33.6. The summed E-state index contributed by atoms with van der Waals surface area (Å²) in [6.07, 6.45) is -20.6. The molecule has 0 amide bonds. The lowest BCUT2D eigenvalue weighted by Gasteiger charge is -2.28. The maximum Gasteiger partial charge on any atom is 0.523 e. The molecule has 0 aliphatic heterocycles. The fourth-order valence-corrected chi connectivity index (χ4v) is 0.773. The van der Waals surface area contributed by atoms with Crippen molar-refractivity contribution in [2.24, 2.45) is 0 Å². The SMILES string of the molecule is C.C.C.C.C.C.C.C.CC(C)(CF)OC(F)(F)C(F)(F)F.CC(C)(CF)OC(F)(F)F.CCC(F)(F)F.CCF.CCF.CCF.COF.COF.COF.COF.FCF.FCF.FCF. The summed E-state index contributed by atoms with van der Waals surface area (Å²) in [6.45, 7) is 0.519. The predicted molar refractivity (Wildman–Crippen MR) is 218 cm³/mol. The van der Waals surface area contributed by atoms with Crippen molar-refractivity contribution in [2.45, 2.75) is 157 Å². The van der Waals surface area contributed by atoms with Crippen LogP contribution in [0.15, 0.2) is 0 Å². The van der Waals surface area contributed by atoms with E-state index >= 15 is 0 Å². The third-order valence-corrected chi connectivity index (χ3v) is 2.17. The van der Waals surface area contributed by atoms with Gasteiger partial charge >= 0.3 is 24.8 Å². The van der Waals surface area contributed by atoms with Crippen molar-refractivity contribution in [1.29, 1.82) is 0 Å². The Hall–Kier alpha value is -2.06. The van der Waals surface area contributed by atoms with Gasteiger partial charge in [-0.2, -0.15) is 54.9 Å². The van der Waals surface area contributed by atoms with E-state index in [-0.39, 0.29) is 79.4 Å². The highest BCUT2D eigenvalue weighted by atomic mass is 19.4. The largest absolute Gasteiger partial charge is 0.523 e. The van der Waals surface area contributed by atoms with E-state index in [0.29, 0.717) is 0 Å². The van der Waals surface area contributed by atoms with E-state index in [1.54, 1.807) is 0 Å². The first-order valence-electron chi connectivity index (χ1n) is 14.2. The van der Waals surface area contributed by atoms with E-state index in [4.69, 9.17) is 0 Å². The summed E-state index contributed by atoms with van der Waals surface area (Å²) in [5, 5.41) is 0. The number of halogens is 26. The van der Waals surface area contributed by atoms with Gasteiger partial charge in [0.1, 0.15) is 19.0 Å². The fraction of sp³-hybridized carbons (Fsp3) is 1.00. The molecule has 0 saturated heterocycles. The van der Waals surface area contributed by atoms with Crippen molar-refractivity contribution in [2.75, 3.05) is 82.6 Å². The molecule has 0 aromatic carbocycles. The molecule has 67 heavy (non-hydrogen) atoms. The molecule has 0 atom stereocenters. The van der Waals surface area contributed by atoms with Crippen LogP contribution < -0.4 is 0 Å². The first kappa shape index (κ1) is 138. The molecule has 0 bridgehead atoms. The quantitative estimate of drug-likeness (QED) is 0.256. The first-order chi connectivity index (χ1) is 26.5. The van der Waals surface area contributed by atoms with E-state index in [0.717, 1.165) is 63.1 Å². The monoisotopic (exact) mass is 1100 g/mol. The van der Waals surface area contributed by atoms with E-state index < -0.39 is 76.6 Å². The Labute approximate surface area is 384 Å². The van der Waals surface area contributed by atoms with Crippen LogP contribution in [0.25, 0.3) is 0 Å². The molecule has 0 heterocycles. The van der Waals surface area contributed by atoms with E-state index in [2.05, 4.69) is 29.2 Å². The molecule has 0 aromatic rings. The topological polar surface area (TPSA) is 55.4 Å². The highest BCUT2D eigenvalue weighted by Crippen LogP contribution is 2.39. The van der Waals surface area contributed by atoms with Crippen LogP contribution in [0.3, 0.4) is 0 Å². The van der Waals surface area contributed by atoms with Crippen LogP contribution in [0.5, 0.6) is 0 Å². The van der Waals surface area contributed by atoms with Crippen LogP contribution in [-0.4, -0.2) is 119 Å². The number of alkyl halides is 22. The van der Waals surface area contributed by atoms with Gasteiger partial charge in [-0.05, 0) is 66.6 Å². The Morgan fingerprint density at radius 3 is 0.522 bits per heavy atom. The Kier molecular flexibility index (Phi) is 217. The maximum absolute atomic E-state index is 12.1. The van der Waals surface area contributed by atoms with Crippen LogP contribution >= 0.6 is 0 Å². The second-order valence-electron chi connectivity index (χ2n) is 8.14. The van der Waals surface area contributed by atoms with Crippen molar-refractivity contribution in [1.82, 2.24) is 0 Å². The highest BCUT2D eigenvalue weighted by Gasteiger charge is 2.61. The molecule has 0 aliphatic rings. The van der Waals surface area contributed by atoms with Crippen molar-refractivity contribution < 1.29 is 144 Å². The molecule has 0 rings (SSSR count). The molecule has 0 saturated carbocycles. The van der Waals surface area contributed by atoms with Crippen molar-refractivity contribution in [3.05, 3.63) is 0 Å². The van der Waals surface area contributed by atoms with Crippen LogP contribution in [0.4, 0.5) is 115 Å². The third-order valence-electron chi connectivity index (χ3n) is 2.17. The molecule has 0 N–H and O–H groups in total. The van der Waals surface area contributed by atoms with Crippen molar-refractivity contribution in [3.8, 4) is 0 Å². The fourth-order valence-electron chi connectivity index (χ4n) is 0.773. The van der Waals surface area contributed by atoms with Crippen molar-refractivity contribution in [3.63, 3.8) is 0 Å². The van der Waals surface area contributed by atoms with E-state index in [9.17, 15) is 115 Å². The van der Waals surface area contributed by atoms with Crippen LogP contribution in [0, 0.1) is 0 Å². The minimum absolute atomic E-state index is 0. The van der Waals surface area contributed by atoms with Crippen LogP contribution in [0.1, 0.15) is 121 Å². The van der Waals surface area contributed by atoms with Gasteiger partial charge in [0.25, 0.3) is 0 Å². The van der Waals surface area contributed by atoms with Gasteiger partial charge in [0.15, 0.2) is 0 Å². The standard InChI is InChI=1S/C6H8F6O.C5H8F4O.C3H5F3.3C2H5F.3CH2F2.4CH3FO.8CH4/c1-4(2,3-7)13-6(11,12)5(8,9)10;1-4(2,3-6)10-5(7,8)9;1-2-3(4,5)6;3*1-2-3;3*2-1-3;4*1-3-2;;;;;;;;/h3H2,1-2H3;3H2,1-2H3;2H2,1H3;3*2H2,1H3;3*1H2;4*1H3;8*1H4. The summed E-state index contributed by atoms with van der Waals surface area (Å²) < 4.78 is 283. The van der Waals surface area contributed by atoms with Crippen molar-refractivity contribution >= 4 is 0 Å². The highest BCUT2D eigenvalue weighted by molar-refractivity contribution is 4.74. The minimum atomic E-state index is -5.82. The molecule has 0 fully saturated rings. The maximum atomic E-state index is 12.1. The van der Waals surface area contributed by atoms with Gasteiger partial charge in [-0.25, -0.2) is 35.1 Å². The smallest absolute Gasteiger partial charge is 0.304 e. The number of ether oxygens (including phenoxy) is 2. The lowest BCUT2D eigenvalue weighted by Crippen LogP contribution is -2.46. The molecule has 32 heteroatoms. The van der Waals surface area contributed by atoms with Gasteiger partial charge in [-0.3, -0.25) is 17.9 Å². The number of hydrogen-bond acceptors (Lipinski definition) is 6. The van der Waals surface area contributed by atoms with Gasteiger partial charge in [-0.15, -0.1) is 13.2 Å². The van der Waals surface area contributed by atoms with E-state index in [1.165, 1.54) is 20.8 Å². The molecule has 0 unspecified atom stereocenters. The molecule has 444 valence electrons. The molecule has 0 aromatic heterocycles. The summed E-state index contributed by atoms with van der Waals surface area (Å²) in [5.41, 5.74) is -3.92. The van der Waals surface area contributed by atoms with Gasteiger partial charge in [0, 0.05) is 6.42 Å². The number of rotatable bonds is 5. The zero-order valence-electron chi connectivity index (χ0n) is 33.6. The molecule has 6 nitrogen and oxygen atoms in total. The first-order valence-corrected chi connectivity index (χ1v) is 14.2. The molecule has 0 radical (unpaired) electrons. The summed E-state index contributed by atoms with van der Waals surface area (Å²) in [4.78, 5) is 11.0. The average Bonchev–Trinajstić information content (AvgIpc) is 3.03.